The molecule has 0 aliphatic carbocycles. The summed E-state index contributed by atoms with van der Waals surface area (Å²) in [6.45, 7) is 4.32. The van der Waals surface area contributed by atoms with Crippen LogP contribution in [0.1, 0.15) is 24.1 Å². The molecule has 0 aliphatic heterocycles. The maximum absolute atomic E-state index is 5.76. The normalized spacial score (nSPS) is 12.2. The zero-order valence-electron chi connectivity index (χ0n) is 10.6. The Balaban J connectivity index is 2.21. The topological polar surface area (TPSA) is 38.0 Å². The summed E-state index contributed by atoms with van der Waals surface area (Å²) in [6.07, 6.45) is 0. The molecule has 1 atom stereocenters. The third kappa shape index (κ3) is 2.96. The van der Waals surface area contributed by atoms with Gasteiger partial charge in [-0.1, -0.05) is 24.3 Å². The molecule has 0 amide bonds. The number of aryl methyl sites for hydroxylation is 1. The van der Waals surface area contributed by atoms with Gasteiger partial charge in [0.15, 0.2) is 0 Å². The van der Waals surface area contributed by atoms with Crippen molar-refractivity contribution in [2.24, 2.45) is 0 Å². The highest BCUT2D eigenvalue weighted by molar-refractivity contribution is 14.1. The van der Waals surface area contributed by atoms with Crippen molar-refractivity contribution in [1.82, 2.24) is 0 Å². The van der Waals surface area contributed by atoms with Gasteiger partial charge in [0.25, 0.3) is 0 Å². The van der Waals surface area contributed by atoms with Crippen molar-refractivity contribution in [2.75, 3.05) is 11.1 Å². The van der Waals surface area contributed by atoms with Crippen LogP contribution in [0.4, 0.5) is 11.4 Å². The number of rotatable bonds is 3. The molecule has 0 aliphatic rings. The summed E-state index contributed by atoms with van der Waals surface area (Å²) in [5.74, 6) is 0. The Hall–Kier alpha value is -1.23. The van der Waals surface area contributed by atoms with Crippen LogP contribution in [-0.4, -0.2) is 0 Å². The van der Waals surface area contributed by atoms with E-state index in [2.05, 4.69) is 66.0 Å². The second-order valence-corrected chi connectivity index (χ2v) is 5.62. The van der Waals surface area contributed by atoms with E-state index < -0.39 is 0 Å². The van der Waals surface area contributed by atoms with Crippen molar-refractivity contribution in [1.29, 1.82) is 0 Å². The van der Waals surface area contributed by atoms with Crippen molar-refractivity contribution in [3.8, 4) is 0 Å². The molecule has 0 bridgehead atoms. The van der Waals surface area contributed by atoms with E-state index in [1.54, 1.807) is 0 Å². The first-order valence-corrected chi connectivity index (χ1v) is 7.03. The third-order valence-corrected chi connectivity index (χ3v) is 3.91. The van der Waals surface area contributed by atoms with Crippen LogP contribution in [0.25, 0.3) is 0 Å². The first-order chi connectivity index (χ1) is 8.58. The average Bonchev–Trinajstić information content (AvgIpc) is 2.33. The average molecular weight is 352 g/mol. The zero-order chi connectivity index (χ0) is 13.1. The van der Waals surface area contributed by atoms with Gasteiger partial charge in [-0.3, -0.25) is 0 Å². The van der Waals surface area contributed by atoms with Crippen molar-refractivity contribution < 1.29 is 0 Å². The molecule has 1 unspecified atom stereocenters. The van der Waals surface area contributed by atoms with Gasteiger partial charge < -0.3 is 11.1 Å². The second-order valence-electron chi connectivity index (χ2n) is 4.46. The molecule has 3 heteroatoms. The van der Waals surface area contributed by atoms with E-state index in [0.29, 0.717) is 0 Å². The summed E-state index contributed by atoms with van der Waals surface area (Å²) in [4.78, 5) is 0. The van der Waals surface area contributed by atoms with Crippen LogP contribution >= 0.6 is 22.6 Å². The highest BCUT2D eigenvalue weighted by Crippen LogP contribution is 2.26. The number of halogens is 1. The fraction of sp³-hybridized carbons (Fsp3) is 0.200. The van der Waals surface area contributed by atoms with Crippen LogP contribution in [0.3, 0.4) is 0 Å². The van der Waals surface area contributed by atoms with Gasteiger partial charge in [-0.15, -0.1) is 0 Å². The molecule has 3 N–H and O–H groups in total. The van der Waals surface area contributed by atoms with E-state index >= 15 is 0 Å². The Morgan fingerprint density at radius 3 is 2.56 bits per heavy atom. The van der Waals surface area contributed by atoms with Gasteiger partial charge >= 0.3 is 0 Å². The summed E-state index contributed by atoms with van der Waals surface area (Å²) in [7, 11) is 0. The van der Waals surface area contributed by atoms with Crippen LogP contribution in [0.5, 0.6) is 0 Å². The molecule has 0 spiro atoms. The smallest absolute Gasteiger partial charge is 0.0488 e. The summed E-state index contributed by atoms with van der Waals surface area (Å²) >= 11 is 2.30. The lowest BCUT2D eigenvalue weighted by Crippen LogP contribution is -2.09. The lowest BCUT2D eigenvalue weighted by molar-refractivity contribution is 0.873. The van der Waals surface area contributed by atoms with Crippen LogP contribution in [0, 0.1) is 10.5 Å². The molecule has 0 heterocycles. The molecule has 2 nitrogen and oxygen atoms in total. The first kappa shape index (κ1) is 13.2. The van der Waals surface area contributed by atoms with E-state index in [-0.39, 0.29) is 6.04 Å². The van der Waals surface area contributed by atoms with Gasteiger partial charge in [-0.25, -0.2) is 0 Å². The Bertz CT molecular complexity index is 552. The summed E-state index contributed by atoms with van der Waals surface area (Å²) in [5, 5.41) is 3.53. The Morgan fingerprint density at radius 2 is 1.89 bits per heavy atom. The first-order valence-electron chi connectivity index (χ1n) is 5.95. The fourth-order valence-corrected chi connectivity index (χ4v) is 2.73. The largest absolute Gasteiger partial charge is 0.399 e. The summed E-state index contributed by atoms with van der Waals surface area (Å²) in [5.41, 5.74) is 10.3. The molecule has 2 aromatic rings. The minimum atomic E-state index is 0.281. The molecule has 0 fully saturated rings. The molecule has 0 saturated carbocycles. The number of anilines is 2. The van der Waals surface area contributed by atoms with Gasteiger partial charge in [-0.2, -0.15) is 0 Å². The number of nitrogens with two attached hydrogens (primary N) is 1. The van der Waals surface area contributed by atoms with Crippen molar-refractivity contribution in [2.45, 2.75) is 19.9 Å². The molecule has 0 saturated heterocycles. The van der Waals surface area contributed by atoms with Crippen molar-refractivity contribution >= 4 is 34.0 Å². The summed E-state index contributed by atoms with van der Waals surface area (Å²) in [6, 6.07) is 14.7. The lowest BCUT2D eigenvalue weighted by atomic mass is 10.0. The minimum absolute atomic E-state index is 0.281. The van der Waals surface area contributed by atoms with Crippen LogP contribution in [0.15, 0.2) is 42.5 Å². The lowest BCUT2D eigenvalue weighted by Gasteiger charge is -2.19. The number of hydrogen-bond donors (Lipinski definition) is 2. The van der Waals surface area contributed by atoms with E-state index in [9.17, 15) is 0 Å². The van der Waals surface area contributed by atoms with Crippen LogP contribution < -0.4 is 11.1 Å². The van der Waals surface area contributed by atoms with Crippen LogP contribution in [0.2, 0.25) is 0 Å². The van der Waals surface area contributed by atoms with Gasteiger partial charge in [0.1, 0.15) is 0 Å². The van der Waals surface area contributed by atoms with E-state index in [0.717, 1.165) is 14.9 Å². The number of hydrogen-bond acceptors (Lipinski definition) is 2. The number of nitrogen functional groups attached to an aromatic ring is 1. The van der Waals surface area contributed by atoms with E-state index in [4.69, 9.17) is 5.73 Å². The van der Waals surface area contributed by atoms with E-state index in [1.165, 1.54) is 11.1 Å². The van der Waals surface area contributed by atoms with Gasteiger partial charge in [-0.05, 0) is 65.8 Å². The molecular weight excluding hydrogens is 335 g/mol. The van der Waals surface area contributed by atoms with E-state index in [1.807, 2.05) is 18.2 Å². The Labute approximate surface area is 122 Å². The SMILES string of the molecule is Cc1ccccc1C(C)Nc1ccc(N)cc1I. The zero-order valence-corrected chi connectivity index (χ0v) is 12.7. The van der Waals surface area contributed by atoms with Crippen LogP contribution in [-0.2, 0) is 0 Å². The molecule has 2 rings (SSSR count). The fourth-order valence-electron chi connectivity index (χ4n) is 2.03. The molecule has 2 aromatic carbocycles. The predicted octanol–water partition coefficient (Wildman–Crippen LogP) is 4.35. The molecule has 94 valence electrons. The Kier molecular flexibility index (Phi) is 4.11. The maximum atomic E-state index is 5.76. The quantitative estimate of drug-likeness (QED) is 0.637. The highest BCUT2D eigenvalue weighted by Gasteiger charge is 2.09. The number of nitrogens with one attached hydrogen (secondary N) is 1. The minimum Gasteiger partial charge on any atom is -0.399 e. The summed E-state index contributed by atoms with van der Waals surface area (Å²) < 4.78 is 1.15. The van der Waals surface area contributed by atoms with Gasteiger partial charge in [0.2, 0.25) is 0 Å². The van der Waals surface area contributed by atoms with Crippen molar-refractivity contribution in [3.05, 3.63) is 57.2 Å². The molecular formula is C15H17IN2. The standard InChI is InChI=1S/C15H17IN2/c1-10-5-3-4-6-13(10)11(2)18-15-8-7-12(17)9-14(15)16/h3-9,11,18H,17H2,1-2H3. The molecule has 0 aromatic heterocycles. The van der Waals surface area contributed by atoms with Gasteiger partial charge in [0, 0.05) is 21.0 Å². The predicted molar refractivity (Wildman–Crippen MR) is 86.8 cm³/mol. The third-order valence-electron chi connectivity index (χ3n) is 3.02. The molecule has 18 heavy (non-hydrogen) atoms. The monoisotopic (exact) mass is 352 g/mol. The van der Waals surface area contributed by atoms with Gasteiger partial charge in [0.05, 0.1) is 0 Å². The Morgan fingerprint density at radius 1 is 1.17 bits per heavy atom. The maximum Gasteiger partial charge on any atom is 0.0488 e. The van der Waals surface area contributed by atoms with Crippen molar-refractivity contribution in [3.63, 3.8) is 0 Å². The number of benzene rings is 2. The molecule has 0 radical (unpaired) electrons. The second kappa shape index (κ2) is 5.61. The highest BCUT2D eigenvalue weighted by atomic mass is 127.